The SMILES string of the molecule is CC(C)NC(=O)C1(N)C2CCOC2C1(C)C. The minimum absolute atomic E-state index is 0.0285. The summed E-state index contributed by atoms with van der Waals surface area (Å²) >= 11 is 0. The Morgan fingerprint density at radius 1 is 1.50 bits per heavy atom. The number of hydrogen-bond acceptors (Lipinski definition) is 3. The normalized spacial score (nSPS) is 40.4. The minimum Gasteiger partial charge on any atom is -0.377 e. The van der Waals surface area contributed by atoms with Gasteiger partial charge in [-0.15, -0.1) is 0 Å². The van der Waals surface area contributed by atoms with E-state index in [9.17, 15) is 4.79 Å². The summed E-state index contributed by atoms with van der Waals surface area (Å²) in [6.07, 6.45) is 1.05. The minimum atomic E-state index is -0.765. The van der Waals surface area contributed by atoms with E-state index in [-0.39, 0.29) is 29.4 Å². The van der Waals surface area contributed by atoms with Gasteiger partial charge in [0.2, 0.25) is 5.91 Å². The molecule has 1 amide bonds. The van der Waals surface area contributed by atoms with E-state index in [0.29, 0.717) is 0 Å². The third-order valence-electron chi connectivity index (χ3n) is 4.25. The summed E-state index contributed by atoms with van der Waals surface area (Å²) in [5, 5.41) is 2.93. The summed E-state index contributed by atoms with van der Waals surface area (Å²) in [5.41, 5.74) is 5.33. The van der Waals surface area contributed by atoms with Gasteiger partial charge in [0.1, 0.15) is 5.54 Å². The van der Waals surface area contributed by atoms with Crippen LogP contribution in [0.15, 0.2) is 0 Å². The van der Waals surface area contributed by atoms with Crippen LogP contribution in [0.2, 0.25) is 0 Å². The highest BCUT2D eigenvalue weighted by atomic mass is 16.5. The highest BCUT2D eigenvalue weighted by Gasteiger charge is 2.71. The second-order valence-corrected chi connectivity index (χ2v) is 5.91. The number of rotatable bonds is 2. The Balaban J connectivity index is 2.21. The molecule has 3 unspecified atom stereocenters. The molecule has 1 saturated carbocycles. The lowest BCUT2D eigenvalue weighted by molar-refractivity contribution is -0.175. The molecule has 0 radical (unpaired) electrons. The van der Waals surface area contributed by atoms with E-state index in [1.54, 1.807) is 0 Å². The molecule has 3 N–H and O–H groups in total. The number of amides is 1. The van der Waals surface area contributed by atoms with E-state index >= 15 is 0 Å². The van der Waals surface area contributed by atoms with E-state index in [2.05, 4.69) is 5.32 Å². The highest BCUT2D eigenvalue weighted by Crippen LogP contribution is 2.58. The maximum atomic E-state index is 12.2. The molecule has 1 aliphatic carbocycles. The van der Waals surface area contributed by atoms with Crippen molar-refractivity contribution in [3.05, 3.63) is 0 Å². The zero-order chi connectivity index (χ0) is 12.1. The number of ether oxygens (including phenoxy) is 1. The third-order valence-corrected chi connectivity index (χ3v) is 4.25. The summed E-state index contributed by atoms with van der Waals surface area (Å²) in [6.45, 7) is 8.69. The van der Waals surface area contributed by atoms with Crippen LogP contribution in [0.5, 0.6) is 0 Å². The van der Waals surface area contributed by atoms with Crippen LogP contribution in [-0.2, 0) is 9.53 Å². The molecule has 2 fully saturated rings. The van der Waals surface area contributed by atoms with Crippen molar-refractivity contribution in [3.8, 4) is 0 Å². The van der Waals surface area contributed by atoms with Crippen LogP contribution in [0.3, 0.4) is 0 Å². The molecule has 16 heavy (non-hydrogen) atoms. The van der Waals surface area contributed by atoms with Gasteiger partial charge in [-0.1, -0.05) is 13.8 Å². The van der Waals surface area contributed by atoms with Crippen LogP contribution in [0.4, 0.5) is 0 Å². The van der Waals surface area contributed by atoms with Crippen LogP contribution in [0.1, 0.15) is 34.1 Å². The average molecular weight is 226 g/mol. The molecular formula is C12H22N2O2. The molecule has 0 aromatic heterocycles. The van der Waals surface area contributed by atoms with E-state index in [0.717, 1.165) is 13.0 Å². The fraction of sp³-hybridized carbons (Fsp3) is 0.917. The van der Waals surface area contributed by atoms with Crippen molar-refractivity contribution < 1.29 is 9.53 Å². The maximum absolute atomic E-state index is 12.2. The number of nitrogens with one attached hydrogen (secondary N) is 1. The summed E-state index contributed by atoms with van der Waals surface area (Å²) in [4.78, 5) is 12.2. The van der Waals surface area contributed by atoms with Crippen LogP contribution >= 0.6 is 0 Å². The predicted molar refractivity (Wildman–Crippen MR) is 61.8 cm³/mol. The molecule has 3 atom stereocenters. The zero-order valence-electron chi connectivity index (χ0n) is 10.5. The summed E-state index contributed by atoms with van der Waals surface area (Å²) < 4.78 is 5.66. The Kier molecular flexibility index (Phi) is 2.55. The van der Waals surface area contributed by atoms with Crippen LogP contribution in [-0.4, -0.2) is 30.2 Å². The van der Waals surface area contributed by atoms with E-state index in [1.165, 1.54) is 0 Å². The molecule has 1 saturated heterocycles. The van der Waals surface area contributed by atoms with Crippen molar-refractivity contribution in [2.75, 3.05) is 6.61 Å². The van der Waals surface area contributed by atoms with Gasteiger partial charge >= 0.3 is 0 Å². The fourth-order valence-electron chi connectivity index (χ4n) is 3.23. The van der Waals surface area contributed by atoms with Crippen molar-refractivity contribution in [2.45, 2.75) is 51.8 Å². The average Bonchev–Trinajstić information content (AvgIpc) is 2.62. The molecule has 1 aliphatic heterocycles. The lowest BCUT2D eigenvalue weighted by Crippen LogP contribution is -2.80. The fourth-order valence-corrected chi connectivity index (χ4v) is 3.23. The Bertz CT molecular complexity index is 314. The first kappa shape index (κ1) is 11.9. The van der Waals surface area contributed by atoms with E-state index in [4.69, 9.17) is 10.5 Å². The van der Waals surface area contributed by atoms with Crippen molar-refractivity contribution in [3.63, 3.8) is 0 Å². The lowest BCUT2D eigenvalue weighted by Gasteiger charge is -2.60. The van der Waals surface area contributed by atoms with Crippen molar-refractivity contribution in [1.82, 2.24) is 5.32 Å². The number of hydrogen-bond donors (Lipinski definition) is 2. The maximum Gasteiger partial charge on any atom is 0.241 e. The van der Waals surface area contributed by atoms with Gasteiger partial charge < -0.3 is 15.8 Å². The first-order valence-electron chi connectivity index (χ1n) is 6.03. The molecule has 0 aromatic rings. The van der Waals surface area contributed by atoms with E-state index in [1.807, 2.05) is 27.7 Å². The van der Waals surface area contributed by atoms with Crippen molar-refractivity contribution in [1.29, 1.82) is 0 Å². The molecular weight excluding hydrogens is 204 g/mol. The second kappa shape index (κ2) is 3.44. The first-order chi connectivity index (χ1) is 7.31. The van der Waals surface area contributed by atoms with Gasteiger partial charge in [-0.25, -0.2) is 0 Å². The van der Waals surface area contributed by atoms with Gasteiger partial charge in [-0.05, 0) is 20.3 Å². The Morgan fingerprint density at radius 2 is 2.12 bits per heavy atom. The molecule has 0 bridgehead atoms. The van der Waals surface area contributed by atoms with Gasteiger partial charge in [-0.2, -0.15) is 0 Å². The number of nitrogens with two attached hydrogens (primary N) is 1. The predicted octanol–water partition coefficient (Wildman–Crippen LogP) is 0.653. The largest absolute Gasteiger partial charge is 0.377 e. The highest BCUT2D eigenvalue weighted by molar-refractivity contribution is 5.89. The molecule has 4 nitrogen and oxygen atoms in total. The van der Waals surface area contributed by atoms with Gasteiger partial charge in [0.05, 0.1) is 6.10 Å². The Hall–Kier alpha value is -0.610. The smallest absolute Gasteiger partial charge is 0.241 e. The lowest BCUT2D eigenvalue weighted by atomic mass is 9.48. The molecule has 0 spiro atoms. The first-order valence-corrected chi connectivity index (χ1v) is 6.03. The molecule has 2 rings (SSSR count). The standard InChI is InChI=1S/C12H22N2O2/c1-7(2)14-10(15)12(13)8-5-6-16-9(8)11(12,3)4/h7-9H,5-6,13H2,1-4H3,(H,14,15). The van der Waals surface area contributed by atoms with Crippen LogP contribution < -0.4 is 11.1 Å². The Morgan fingerprint density at radius 3 is 2.69 bits per heavy atom. The van der Waals surface area contributed by atoms with E-state index < -0.39 is 5.54 Å². The van der Waals surface area contributed by atoms with Crippen molar-refractivity contribution in [2.24, 2.45) is 17.1 Å². The zero-order valence-corrected chi connectivity index (χ0v) is 10.5. The molecule has 2 aliphatic rings. The monoisotopic (exact) mass is 226 g/mol. The summed E-state index contributed by atoms with van der Waals surface area (Å²) in [7, 11) is 0. The van der Waals surface area contributed by atoms with Gasteiger partial charge in [0.15, 0.2) is 0 Å². The molecule has 92 valence electrons. The van der Waals surface area contributed by atoms with Crippen LogP contribution in [0.25, 0.3) is 0 Å². The molecule has 0 aromatic carbocycles. The quantitative estimate of drug-likeness (QED) is 0.727. The van der Waals surface area contributed by atoms with Crippen molar-refractivity contribution >= 4 is 5.91 Å². The molecule has 4 heteroatoms. The summed E-state index contributed by atoms with van der Waals surface area (Å²) in [5.74, 6) is 0.153. The number of fused-ring (bicyclic) bond motifs is 1. The Labute approximate surface area is 96.9 Å². The topological polar surface area (TPSA) is 64.4 Å². The summed E-state index contributed by atoms with van der Waals surface area (Å²) in [6, 6.07) is 0.130. The molecule has 1 heterocycles. The third kappa shape index (κ3) is 1.26. The number of carbonyl (C=O) groups is 1. The second-order valence-electron chi connectivity index (χ2n) is 5.91. The van der Waals surface area contributed by atoms with Gasteiger partial charge in [-0.3, -0.25) is 4.79 Å². The van der Waals surface area contributed by atoms with Gasteiger partial charge in [0.25, 0.3) is 0 Å². The number of carbonyl (C=O) groups excluding carboxylic acids is 1. The van der Waals surface area contributed by atoms with Crippen LogP contribution in [0, 0.1) is 11.3 Å². The van der Waals surface area contributed by atoms with Gasteiger partial charge in [0, 0.05) is 24.0 Å².